The molecule has 1 rings (SSSR count). The molecule has 0 atom stereocenters. The van der Waals surface area contributed by atoms with E-state index >= 15 is 0 Å². The van der Waals surface area contributed by atoms with Crippen LogP contribution in [0.4, 0.5) is 5.69 Å². The lowest BCUT2D eigenvalue weighted by Crippen LogP contribution is -2.43. The van der Waals surface area contributed by atoms with Gasteiger partial charge >= 0.3 is 0 Å². The third-order valence-corrected chi connectivity index (χ3v) is 2.68. The summed E-state index contributed by atoms with van der Waals surface area (Å²) in [6.07, 6.45) is 2.18. The minimum Gasteiger partial charge on any atom is -0.497 e. The Morgan fingerprint density at radius 2 is 2.06 bits per heavy atom. The van der Waals surface area contributed by atoms with Crippen molar-refractivity contribution in [2.45, 2.75) is 19.8 Å². The van der Waals surface area contributed by atoms with Gasteiger partial charge < -0.3 is 9.64 Å². The molecule has 0 bridgehead atoms. The molecule has 1 aromatic carbocycles. The van der Waals surface area contributed by atoms with Crippen LogP contribution in [0.5, 0.6) is 5.75 Å². The van der Waals surface area contributed by atoms with Gasteiger partial charge in [0.25, 0.3) is 0 Å². The van der Waals surface area contributed by atoms with E-state index in [4.69, 9.17) is 10.6 Å². The second-order valence-corrected chi connectivity index (χ2v) is 3.96. The molecule has 0 aliphatic rings. The second-order valence-electron chi connectivity index (χ2n) is 3.96. The zero-order valence-corrected chi connectivity index (χ0v) is 11.3. The number of ether oxygens (including phenoxy) is 1. The molecule has 0 saturated carbocycles. The second kappa shape index (κ2) is 7.55. The van der Waals surface area contributed by atoms with Crippen molar-refractivity contribution in [3.05, 3.63) is 24.3 Å². The number of aliphatic imine (C=N–C) groups is 1. The highest BCUT2D eigenvalue weighted by Crippen LogP contribution is 2.18. The Morgan fingerprint density at radius 3 is 2.56 bits per heavy atom. The summed E-state index contributed by atoms with van der Waals surface area (Å²) in [5.74, 6) is 6.99. The molecule has 0 spiro atoms. The fourth-order valence-electron chi connectivity index (χ4n) is 1.52. The molecule has 0 heterocycles. The number of nitrogens with one attached hydrogen (secondary N) is 1. The molecular formula is C13H22N4O. The fraction of sp³-hybridized carbons (Fsp3) is 0.462. The van der Waals surface area contributed by atoms with Gasteiger partial charge in [-0.15, -0.1) is 0 Å². The number of methoxy groups -OCH3 is 1. The van der Waals surface area contributed by atoms with E-state index in [9.17, 15) is 0 Å². The standard InChI is InChI=1S/C13H22N4O/c1-4-5-10-15-13(16-14)17(2)11-6-8-12(18-3)9-7-11/h6-9H,4-5,10,14H2,1-3H3,(H,15,16). The van der Waals surface area contributed by atoms with E-state index in [2.05, 4.69) is 17.3 Å². The minimum atomic E-state index is 0.661. The van der Waals surface area contributed by atoms with Gasteiger partial charge in [0.05, 0.1) is 7.11 Å². The average molecular weight is 250 g/mol. The molecule has 5 nitrogen and oxygen atoms in total. The number of hydrazine groups is 1. The van der Waals surface area contributed by atoms with Gasteiger partial charge in [0.1, 0.15) is 5.75 Å². The van der Waals surface area contributed by atoms with E-state index in [1.54, 1.807) is 7.11 Å². The van der Waals surface area contributed by atoms with E-state index in [1.165, 1.54) is 0 Å². The van der Waals surface area contributed by atoms with Crippen LogP contribution < -0.4 is 20.9 Å². The Morgan fingerprint density at radius 1 is 1.39 bits per heavy atom. The van der Waals surface area contributed by atoms with Crippen LogP contribution >= 0.6 is 0 Å². The van der Waals surface area contributed by atoms with Gasteiger partial charge in [-0.05, 0) is 30.7 Å². The lowest BCUT2D eigenvalue weighted by atomic mass is 10.3. The highest BCUT2D eigenvalue weighted by atomic mass is 16.5. The Kier molecular flexibility index (Phi) is 6.00. The van der Waals surface area contributed by atoms with Gasteiger partial charge in [-0.3, -0.25) is 10.4 Å². The minimum absolute atomic E-state index is 0.661. The normalized spacial score (nSPS) is 11.2. The number of hydrogen-bond donors (Lipinski definition) is 2. The summed E-state index contributed by atoms with van der Waals surface area (Å²) in [4.78, 5) is 6.34. The molecule has 100 valence electrons. The fourth-order valence-corrected chi connectivity index (χ4v) is 1.52. The molecule has 0 radical (unpaired) electrons. The summed E-state index contributed by atoms with van der Waals surface area (Å²) in [7, 11) is 3.57. The average Bonchev–Trinajstić information content (AvgIpc) is 2.43. The van der Waals surface area contributed by atoms with Crippen LogP contribution in [0.2, 0.25) is 0 Å². The lowest BCUT2D eigenvalue weighted by molar-refractivity contribution is 0.415. The number of rotatable bonds is 5. The molecule has 0 aliphatic heterocycles. The maximum atomic E-state index is 5.50. The molecule has 0 unspecified atom stereocenters. The Labute approximate surface area is 109 Å². The van der Waals surface area contributed by atoms with Gasteiger partial charge in [0.2, 0.25) is 5.96 Å². The lowest BCUT2D eigenvalue weighted by Gasteiger charge is -2.20. The van der Waals surface area contributed by atoms with Crippen LogP contribution in [0.15, 0.2) is 29.3 Å². The number of unbranched alkanes of at least 4 members (excludes halogenated alkanes) is 1. The van der Waals surface area contributed by atoms with E-state index in [-0.39, 0.29) is 0 Å². The molecule has 0 aliphatic carbocycles. The Balaban J connectivity index is 2.75. The van der Waals surface area contributed by atoms with Crippen LogP contribution in [-0.2, 0) is 0 Å². The van der Waals surface area contributed by atoms with Gasteiger partial charge in [-0.2, -0.15) is 0 Å². The van der Waals surface area contributed by atoms with Gasteiger partial charge in [-0.1, -0.05) is 13.3 Å². The highest BCUT2D eigenvalue weighted by Gasteiger charge is 2.07. The van der Waals surface area contributed by atoms with E-state index in [0.717, 1.165) is 30.8 Å². The van der Waals surface area contributed by atoms with E-state index < -0.39 is 0 Å². The summed E-state index contributed by atoms with van der Waals surface area (Å²) in [5.41, 5.74) is 3.64. The smallest absolute Gasteiger partial charge is 0.212 e. The molecule has 18 heavy (non-hydrogen) atoms. The third kappa shape index (κ3) is 3.92. The van der Waals surface area contributed by atoms with Crippen molar-refractivity contribution in [3.63, 3.8) is 0 Å². The molecule has 5 heteroatoms. The first-order valence-electron chi connectivity index (χ1n) is 6.11. The van der Waals surface area contributed by atoms with Crippen molar-refractivity contribution in [2.24, 2.45) is 10.8 Å². The van der Waals surface area contributed by atoms with Gasteiger partial charge in [0, 0.05) is 19.3 Å². The number of nitrogens with zero attached hydrogens (tertiary/aromatic N) is 2. The molecule has 3 N–H and O–H groups in total. The van der Waals surface area contributed by atoms with Crippen molar-refractivity contribution in [3.8, 4) is 5.75 Å². The first kappa shape index (κ1) is 14.3. The van der Waals surface area contributed by atoms with Crippen LogP contribution in [0.3, 0.4) is 0 Å². The van der Waals surface area contributed by atoms with Crippen molar-refractivity contribution in [1.82, 2.24) is 5.43 Å². The number of guanidine groups is 1. The Bertz CT molecular complexity index is 375. The molecule has 1 aromatic rings. The van der Waals surface area contributed by atoms with Crippen molar-refractivity contribution in [2.75, 3.05) is 25.6 Å². The summed E-state index contributed by atoms with van der Waals surface area (Å²) < 4.78 is 5.13. The zero-order valence-electron chi connectivity index (χ0n) is 11.3. The third-order valence-electron chi connectivity index (χ3n) is 2.68. The largest absolute Gasteiger partial charge is 0.497 e. The molecule has 0 fully saturated rings. The van der Waals surface area contributed by atoms with Crippen molar-refractivity contribution >= 4 is 11.6 Å². The van der Waals surface area contributed by atoms with E-state index in [1.807, 2.05) is 36.2 Å². The summed E-state index contributed by atoms with van der Waals surface area (Å²) in [6, 6.07) is 7.75. The monoisotopic (exact) mass is 250 g/mol. The molecular weight excluding hydrogens is 228 g/mol. The van der Waals surface area contributed by atoms with Crippen LogP contribution in [-0.4, -0.2) is 26.7 Å². The number of anilines is 1. The van der Waals surface area contributed by atoms with E-state index in [0.29, 0.717) is 5.96 Å². The topological polar surface area (TPSA) is 62.9 Å². The van der Waals surface area contributed by atoms with Gasteiger partial charge in [-0.25, -0.2) is 5.84 Å². The number of nitrogens with two attached hydrogens (primary N) is 1. The maximum Gasteiger partial charge on any atom is 0.212 e. The maximum absolute atomic E-state index is 5.50. The summed E-state index contributed by atoms with van der Waals surface area (Å²) in [6.45, 7) is 2.91. The first-order valence-corrected chi connectivity index (χ1v) is 6.11. The van der Waals surface area contributed by atoms with Crippen molar-refractivity contribution in [1.29, 1.82) is 0 Å². The molecule has 0 aromatic heterocycles. The van der Waals surface area contributed by atoms with Crippen LogP contribution in [0.25, 0.3) is 0 Å². The molecule has 0 amide bonds. The quantitative estimate of drug-likeness (QED) is 0.275. The van der Waals surface area contributed by atoms with Crippen LogP contribution in [0, 0.1) is 0 Å². The summed E-state index contributed by atoms with van der Waals surface area (Å²) >= 11 is 0. The summed E-state index contributed by atoms with van der Waals surface area (Å²) in [5, 5.41) is 0. The van der Waals surface area contributed by atoms with Crippen molar-refractivity contribution < 1.29 is 4.74 Å². The highest BCUT2D eigenvalue weighted by molar-refractivity contribution is 5.95. The van der Waals surface area contributed by atoms with Crippen LogP contribution in [0.1, 0.15) is 19.8 Å². The Hall–Kier alpha value is -1.75. The first-order chi connectivity index (χ1) is 8.72. The SMILES string of the molecule is CCCCN=C(NN)N(C)c1ccc(OC)cc1. The predicted octanol–water partition coefficient (Wildman–Crippen LogP) is 1.75. The number of hydrogen-bond acceptors (Lipinski definition) is 3. The number of benzene rings is 1. The zero-order chi connectivity index (χ0) is 13.4. The molecule has 0 saturated heterocycles. The predicted molar refractivity (Wildman–Crippen MR) is 75.9 cm³/mol. The van der Waals surface area contributed by atoms with Gasteiger partial charge in [0.15, 0.2) is 0 Å².